The van der Waals surface area contributed by atoms with Gasteiger partial charge >= 0.3 is 5.97 Å². The second-order valence-electron chi connectivity index (χ2n) is 5.20. The zero-order valence-corrected chi connectivity index (χ0v) is 13.4. The number of aliphatic carboxylic acids is 1. The monoisotopic (exact) mass is 318 g/mol. The minimum absolute atomic E-state index is 0.393. The first-order valence-corrected chi connectivity index (χ1v) is 7.59. The fourth-order valence-electron chi connectivity index (χ4n) is 2.33. The molecule has 116 valence electrons. The van der Waals surface area contributed by atoms with Gasteiger partial charge in [0.05, 0.1) is 17.5 Å². The third-order valence-electron chi connectivity index (χ3n) is 3.51. The second-order valence-corrected chi connectivity index (χ2v) is 5.61. The molecule has 0 aliphatic carbocycles. The van der Waals surface area contributed by atoms with Crippen LogP contribution >= 0.6 is 11.6 Å². The number of benzene rings is 2. The Kier molecular flexibility index (Phi) is 5.45. The maximum absolute atomic E-state index is 11.6. The number of aryl methyl sites for hydroxylation is 1. The molecule has 0 bridgehead atoms. The fraction of sp³-hybridized carbons (Fsp3) is 0.278. The molecule has 0 heterocycles. The Labute approximate surface area is 135 Å². The number of hydrogen-bond acceptors (Lipinski definition) is 2. The third kappa shape index (κ3) is 4.01. The lowest BCUT2D eigenvalue weighted by molar-refractivity contribution is -0.138. The molecular formula is C18H19ClO3. The molecule has 22 heavy (non-hydrogen) atoms. The van der Waals surface area contributed by atoms with Crippen LogP contribution in [0, 0.1) is 6.92 Å². The predicted molar refractivity (Wildman–Crippen MR) is 87.9 cm³/mol. The summed E-state index contributed by atoms with van der Waals surface area (Å²) in [6.45, 7) is 4.41. The smallest absolute Gasteiger partial charge is 0.311 e. The number of rotatable bonds is 6. The normalized spacial score (nSPS) is 12.0. The summed E-state index contributed by atoms with van der Waals surface area (Å²) in [5.41, 5.74) is 2.78. The fourth-order valence-corrected chi connectivity index (χ4v) is 2.58. The zero-order valence-electron chi connectivity index (χ0n) is 12.7. The molecule has 4 heteroatoms. The molecular weight excluding hydrogens is 300 g/mol. The van der Waals surface area contributed by atoms with Gasteiger partial charge in [-0.1, -0.05) is 47.5 Å². The lowest BCUT2D eigenvalue weighted by atomic mass is 9.91. The van der Waals surface area contributed by atoms with Gasteiger partial charge in [-0.2, -0.15) is 0 Å². The third-order valence-corrected chi connectivity index (χ3v) is 3.81. The summed E-state index contributed by atoms with van der Waals surface area (Å²) < 4.78 is 5.39. The molecule has 0 amide bonds. The first-order valence-electron chi connectivity index (χ1n) is 7.22. The Morgan fingerprint density at radius 2 is 1.91 bits per heavy atom. The Morgan fingerprint density at radius 3 is 2.45 bits per heavy atom. The van der Waals surface area contributed by atoms with E-state index in [4.69, 9.17) is 16.3 Å². The maximum atomic E-state index is 11.6. The molecule has 0 spiro atoms. The zero-order chi connectivity index (χ0) is 16.1. The highest BCUT2D eigenvalue weighted by Crippen LogP contribution is 2.28. The number of ether oxygens (including phenoxy) is 1. The van der Waals surface area contributed by atoms with E-state index in [9.17, 15) is 9.90 Å². The van der Waals surface area contributed by atoms with Gasteiger partial charge in [0.25, 0.3) is 0 Å². The van der Waals surface area contributed by atoms with E-state index in [1.54, 1.807) is 12.1 Å². The van der Waals surface area contributed by atoms with Crippen LogP contribution in [0.4, 0.5) is 0 Å². The first kappa shape index (κ1) is 16.4. The van der Waals surface area contributed by atoms with E-state index in [2.05, 4.69) is 0 Å². The van der Waals surface area contributed by atoms with Gasteiger partial charge in [-0.15, -0.1) is 0 Å². The maximum Gasteiger partial charge on any atom is 0.311 e. The van der Waals surface area contributed by atoms with E-state index in [1.165, 1.54) is 0 Å². The predicted octanol–water partition coefficient (Wildman–Crippen LogP) is 4.46. The molecule has 2 rings (SSSR count). The van der Waals surface area contributed by atoms with Crippen molar-refractivity contribution in [1.82, 2.24) is 0 Å². The van der Waals surface area contributed by atoms with Crippen molar-refractivity contribution in [2.45, 2.75) is 26.2 Å². The van der Waals surface area contributed by atoms with Crippen LogP contribution in [0.5, 0.6) is 5.75 Å². The number of halogens is 1. The largest absolute Gasteiger partial charge is 0.492 e. The van der Waals surface area contributed by atoms with Crippen LogP contribution < -0.4 is 4.74 Å². The molecule has 2 aromatic carbocycles. The van der Waals surface area contributed by atoms with Gasteiger partial charge in [-0.3, -0.25) is 4.79 Å². The van der Waals surface area contributed by atoms with E-state index < -0.39 is 11.9 Å². The highest BCUT2D eigenvalue weighted by Gasteiger charge is 2.20. The number of carbonyl (C=O) groups is 1. The average Bonchev–Trinajstić information content (AvgIpc) is 2.48. The van der Waals surface area contributed by atoms with Crippen LogP contribution in [0.1, 0.15) is 29.5 Å². The molecule has 0 aliphatic rings. The lowest BCUT2D eigenvalue weighted by Gasteiger charge is -2.14. The highest BCUT2D eigenvalue weighted by atomic mass is 35.5. The molecule has 0 saturated heterocycles. The Morgan fingerprint density at radius 1 is 1.23 bits per heavy atom. The molecule has 0 saturated carbocycles. The standard InChI is InChI=1S/C18H19ClO3/c1-3-22-17-9-6-13(11-16(17)19)10-15(18(20)21)14-7-4-12(2)5-8-14/h4-9,11,15H,3,10H2,1-2H3,(H,20,21). The van der Waals surface area contributed by atoms with E-state index in [0.717, 1.165) is 16.7 Å². The quantitative estimate of drug-likeness (QED) is 0.855. The van der Waals surface area contributed by atoms with Crippen molar-refractivity contribution in [1.29, 1.82) is 0 Å². The number of carboxylic acid groups (broad SMARTS) is 1. The molecule has 0 aromatic heterocycles. The average molecular weight is 319 g/mol. The molecule has 3 nitrogen and oxygen atoms in total. The Hall–Kier alpha value is -2.00. The van der Waals surface area contributed by atoms with Gasteiger partial charge in [0.1, 0.15) is 5.75 Å². The van der Waals surface area contributed by atoms with E-state index >= 15 is 0 Å². The second kappa shape index (κ2) is 7.32. The van der Waals surface area contributed by atoms with E-state index in [0.29, 0.717) is 23.8 Å². The molecule has 0 fully saturated rings. The van der Waals surface area contributed by atoms with E-state index in [1.807, 2.05) is 44.2 Å². The lowest BCUT2D eigenvalue weighted by Crippen LogP contribution is -2.14. The molecule has 1 atom stereocenters. The molecule has 0 aliphatic heterocycles. The Balaban J connectivity index is 2.23. The van der Waals surface area contributed by atoms with Gasteiger partial charge in [0, 0.05) is 0 Å². The van der Waals surface area contributed by atoms with Gasteiger partial charge < -0.3 is 9.84 Å². The molecule has 1 unspecified atom stereocenters. The van der Waals surface area contributed by atoms with Crippen molar-refractivity contribution < 1.29 is 14.6 Å². The van der Waals surface area contributed by atoms with Crippen LogP contribution in [0.3, 0.4) is 0 Å². The van der Waals surface area contributed by atoms with Crippen LogP contribution in [-0.4, -0.2) is 17.7 Å². The molecule has 1 N–H and O–H groups in total. The minimum Gasteiger partial charge on any atom is -0.492 e. The van der Waals surface area contributed by atoms with Crippen molar-refractivity contribution in [3.8, 4) is 5.75 Å². The van der Waals surface area contributed by atoms with Crippen molar-refractivity contribution in [3.63, 3.8) is 0 Å². The van der Waals surface area contributed by atoms with Crippen molar-refractivity contribution in [2.75, 3.05) is 6.61 Å². The van der Waals surface area contributed by atoms with Crippen LogP contribution in [-0.2, 0) is 11.2 Å². The summed E-state index contributed by atoms with van der Waals surface area (Å²) in [6, 6.07) is 13.0. The van der Waals surface area contributed by atoms with Gasteiger partial charge in [0.15, 0.2) is 0 Å². The van der Waals surface area contributed by atoms with Crippen molar-refractivity contribution in [2.24, 2.45) is 0 Å². The summed E-state index contributed by atoms with van der Waals surface area (Å²) in [5.74, 6) is -0.807. The van der Waals surface area contributed by atoms with Crippen molar-refractivity contribution in [3.05, 3.63) is 64.2 Å². The highest BCUT2D eigenvalue weighted by molar-refractivity contribution is 6.32. The van der Waals surface area contributed by atoms with Crippen LogP contribution in [0.15, 0.2) is 42.5 Å². The minimum atomic E-state index is -0.839. The summed E-state index contributed by atoms with van der Waals surface area (Å²) in [6.07, 6.45) is 0.393. The van der Waals surface area contributed by atoms with Crippen LogP contribution in [0.25, 0.3) is 0 Å². The molecule has 2 aromatic rings. The topological polar surface area (TPSA) is 46.5 Å². The summed E-state index contributed by atoms with van der Waals surface area (Å²) in [4.78, 5) is 11.6. The van der Waals surface area contributed by atoms with Crippen LogP contribution in [0.2, 0.25) is 5.02 Å². The molecule has 0 radical (unpaired) electrons. The number of hydrogen-bond donors (Lipinski definition) is 1. The number of carboxylic acids is 1. The van der Waals surface area contributed by atoms with Gasteiger partial charge in [0.2, 0.25) is 0 Å². The van der Waals surface area contributed by atoms with Gasteiger partial charge in [-0.25, -0.2) is 0 Å². The van der Waals surface area contributed by atoms with E-state index in [-0.39, 0.29) is 0 Å². The first-order chi connectivity index (χ1) is 10.5. The van der Waals surface area contributed by atoms with Crippen molar-refractivity contribution >= 4 is 17.6 Å². The Bertz CT molecular complexity index is 650. The summed E-state index contributed by atoms with van der Waals surface area (Å²) in [7, 11) is 0. The summed E-state index contributed by atoms with van der Waals surface area (Å²) >= 11 is 6.17. The summed E-state index contributed by atoms with van der Waals surface area (Å²) in [5, 5.41) is 10.0. The van der Waals surface area contributed by atoms with Gasteiger partial charge in [-0.05, 0) is 43.5 Å². The SMILES string of the molecule is CCOc1ccc(CC(C(=O)O)c2ccc(C)cc2)cc1Cl.